The van der Waals surface area contributed by atoms with Gasteiger partial charge in [-0.15, -0.1) is 0 Å². The average molecular weight is 482 g/mol. The summed E-state index contributed by atoms with van der Waals surface area (Å²) in [6, 6.07) is 5.77. The van der Waals surface area contributed by atoms with Crippen molar-refractivity contribution in [1.29, 1.82) is 0 Å². The van der Waals surface area contributed by atoms with Crippen molar-refractivity contribution in [3.8, 4) is 23.0 Å². The molecule has 7 nitrogen and oxygen atoms in total. The van der Waals surface area contributed by atoms with Crippen LogP contribution in [0.2, 0.25) is 0 Å². The number of ketones is 1. The summed E-state index contributed by atoms with van der Waals surface area (Å²) in [4.78, 5) is 22.6. The van der Waals surface area contributed by atoms with E-state index in [0.29, 0.717) is 11.7 Å². The molecule has 4 heterocycles. The van der Waals surface area contributed by atoms with Crippen LogP contribution in [-0.2, 0) is 11.3 Å². The van der Waals surface area contributed by atoms with Gasteiger partial charge in [-0.05, 0) is 96.4 Å². The molecule has 1 aromatic carbocycles. The van der Waals surface area contributed by atoms with E-state index in [1.807, 2.05) is 25.1 Å². The number of hydrogen-bond donors (Lipinski definition) is 0. The molecule has 2 saturated heterocycles. The number of Topliss-reactive ketones (excluding diaryl/α,β-unsaturated/α-hetero) is 1. The second-order valence-electron chi connectivity index (χ2n) is 10.3. The van der Waals surface area contributed by atoms with Gasteiger partial charge in [0.15, 0.2) is 11.5 Å². The minimum absolute atomic E-state index is 0.229. The predicted molar refractivity (Wildman–Crippen MR) is 135 cm³/mol. The summed E-state index contributed by atoms with van der Waals surface area (Å²) in [5.74, 6) is 3.65. The monoisotopic (exact) mass is 481 g/mol. The van der Waals surface area contributed by atoms with Gasteiger partial charge in [0.1, 0.15) is 11.5 Å². The third-order valence-electron chi connectivity index (χ3n) is 7.77. The number of unbranched alkanes of at least 4 members (excludes halogenated alkanes) is 1. The lowest BCUT2D eigenvalue weighted by Crippen LogP contribution is -2.36. The minimum atomic E-state index is 0.229. The molecule has 35 heavy (non-hydrogen) atoms. The van der Waals surface area contributed by atoms with E-state index < -0.39 is 0 Å². The molecule has 2 fully saturated rings. The fourth-order valence-corrected chi connectivity index (χ4v) is 5.55. The summed E-state index contributed by atoms with van der Waals surface area (Å²) in [6.07, 6.45) is 10.3. The Morgan fingerprint density at radius 1 is 0.971 bits per heavy atom. The van der Waals surface area contributed by atoms with Gasteiger partial charge in [0.25, 0.3) is 0 Å². The van der Waals surface area contributed by atoms with Gasteiger partial charge in [-0.1, -0.05) is 12.8 Å². The molecule has 5 rings (SSSR count). The molecule has 3 aliphatic heterocycles. The summed E-state index contributed by atoms with van der Waals surface area (Å²) in [7, 11) is 0. The van der Waals surface area contributed by atoms with Gasteiger partial charge in [0, 0.05) is 24.4 Å². The highest BCUT2D eigenvalue weighted by Gasteiger charge is 2.26. The second-order valence-corrected chi connectivity index (χ2v) is 10.3. The molecule has 0 aliphatic carbocycles. The number of nitrogens with zero attached hydrogens (tertiary/aromatic N) is 3. The van der Waals surface area contributed by atoms with Crippen molar-refractivity contribution in [2.45, 2.75) is 71.3 Å². The number of rotatable bonds is 9. The number of aromatic nitrogens is 1. The van der Waals surface area contributed by atoms with Crippen molar-refractivity contribution in [2.75, 3.05) is 39.5 Å². The largest absolute Gasteiger partial charge is 0.454 e. The number of hydrogen-bond acceptors (Lipinski definition) is 7. The molecule has 0 unspecified atom stereocenters. The molecule has 0 N–H and O–H groups in total. The highest BCUT2D eigenvalue weighted by atomic mass is 16.7. The van der Waals surface area contributed by atoms with E-state index in [0.717, 1.165) is 86.8 Å². The highest BCUT2D eigenvalue weighted by molar-refractivity contribution is 5.81. The van der Waals surface area contributed by atoms with E-state index in [2.05, 4.69) is 9.80 Å². The Hall–Kier alpha value is -2.38. The lowest BCUT2D eigenvalue weighted by atomic mass is 9.90. The Balaban J connectivity index is 1.05. The van der Waals surface area contributed by atoms with E-state index >= 15 is 0 Å². The maximum absolute atomic E-state index is 12.8. The van der Waals surface area contributed by atoms with Gasteiger partial charge < -0.3 is 18.8 Å². The molecule has 3 aliphatic rings. The SMILES string of the molecule is Cc1oc(-c2ccc3c(c2)OCO3)nc1CN1CCC(C(=O)CCCCN2CCCCCC2)CC1. The highest BCUT2D eigenvalue weighted by Crippen LogP contribution is 2.36. The molecular formula is C28H39N3O4. The lowest BCUT2D eigenvalue weighted by Gasteiger charge is -2.30. The summed E-state index contributed by atoms with van der Waals surface area (Å²) >= 11 is 0. The Labute approximate surface area is 208 Å². The Kier molecular flexibility index (Phi) is 8.04. The molecule has 2 aromatic rings. The van der Waals surface area contributed by atoms with Crippen LogP contribution in [0.1, 0.15) is 69.2 Å². The number of piperidine rings is 1. The van der Waals surface area contributed by atoms with Gasteiger partial charge in [0.05, 0.1) is 5.69 Å². The first-order chi connectivity index (χ1) is 17.2. The number of likely N-dealkylation sites (tertiary alicyclic amines) is 2. The summed E-state index contributed by atoms with van der Waals surface area (Å²) in [6.45, 7) is 8.52. The van der Waals surface area contributed by atoms with Crippen LogP contribution in [-0.4, -0.2) is 60.1 Å². The van der Waals surface area contributed by atoms with Crippen molar-refractivity contribution < 1.29 is 18.7 Å². The van der Waals surface area contributed by atoms with E-state index in [1.165, 1.54) is 38.8 Å². The average Bonchev–Trinajstić information content (AvgIpc) is 3.40. The van der Waals surface area contributed by atoms with Crippen LogP contribution in [0.3, 0.4) is 0 Å². The number of carbonyl (C=O) groups excluding carboxylic acids is 1. The second kappa shape index (κ2) is 11.6. The Morgan fingerprint density at radius 2 is 1.74 bits per heavy atom. The molecule has 0 bridgehead atoms. The zero-order chi connectivity index (χ0) is 24.0. The fourth-order valence-electron chi connectivity index (χ4n) is 5.55. The molecule has 0 spiro atoms. The van der Waals surface area contributed by atoms with Gasteiger partial charge >= 0.3 is 0 Å². The first kappa shape index (κ1) is 24.3. The molecule has 0 saturated carbocycles. The molecule has 190 valence electrons. The van der Waals surface area contributed by atoms with Crippen LogP contribution in [0, 0.1) is 12.8 Å². The van der Waals surface area contributed by atoms with Crippen LogP contribution in [0.4, 0.5) is 0 Å². The van der Waals surface area contributed by atoms with E-state index in [1.54, 1.807) is 0 Å². The van der Waals surface area contributed by atoms with Gasteiger partial charge in [-0.3, -0.25) is 9.69 Å². The van der Waals surface area contributed by atoms with Crippen molar-refractivity contribution in [1.82, 2.24) is 14.8 Å². The van der Waals surface area contributed by atoms with E-state index in [-0.39, 0.29) is 12.7 Å². The topological polar surface area (TPSA) is 68.0 Å². The number of aryl methyl sites for hydroxylation is 1. The first-order valence-electron chi connectivity index (χ1n) is 13.5. The standard InChI is InChI=1S/C28H39N3O4/c1-21-24(29-28(35-21)23-9-10-26-27(18-23)34-20-33-26)19-31-16-11-22(12-17-31)25(32)8-4-7-15-30-13-5-2-3-6-14-30/h9-10,18,22H,2-8,11-17,19-20H2,1H3. The van der Waals surface area contributed by atoms with Crippen LogP contribution in [0.15, 0.2) is 22.6 Å². The van der Waals surface area contributed by atoms with Crippen LogP contribution in [0.25, 0.3) is 11.5 Å². The number of benzene rings is 1. The smallest absolute Gasteiger partial charge is 0.231 e. The van der Waals surface area contributed by atoms with E-state index in [4.69, 9.17) is 18.9 Å². The summed E-state index contributed by atoms with van der Waals surface area (Å²) < 4.78 is 16.9. The van der Waals surface area contributed by atoms with Crippen molar-refractivity contribution in [3.05, 3.63) is 29.7 Å². The van der Waals surface area contributed by atoms with Crippen LogP contribution in [0.5, 0.6) is 11.5 Å². The zero-order valence-corrected chi connectivity index (χ0v) is 21.1. The maximum Gasteiger partial charge on any atom is 0.231 e. The molecule has 0 atom stereocenters. The normalized spacial score (nSPS) is 19.7. The third kappa shape index (κ3) is 6.25. The lowest BCUT2D eigenvalue weighted by molar-refractivity contribution is -0.124. The zero-order valence-electron chi connectivity index (χ0n) is 21.1. The van der Waals surface area contributed by atoms with E-state index in [9.17, 15) is 4.79 Å². The van der Waals surface area contributed by atoms with Gasteiger partial charge in [-0.2, -0.15) is 0 Å². The third-order valence-corrected chi connectivity index (χ3v) is 7.77. The number of oxazole rings is 1. The molecule has 0 radical (unpaired) electrons. The molecule has 1 aromatic heterocycles. The van der Waals surface area contributed by atoms with Crippen molar-refractivity contribution in [2.24, 2.45) is 5.92 Å². The summed E-state index contributed by atoms with van der Waals surface area (Å²) in [5, 5.41) is 0. The quantitative estimate of drug-likeness (QED) is 0.456. The van der Waals surface area contributed by atoms with Crippen LogP contribution < -0.4 is 9.47 Å². The molecule has 7 heteroatoms. The van der Waals surface area contributed by atoms with Gasteiger partial charge in [0.2, 0.25) is 12.7 Å². The Bertz CT molecular complexity index is 988. The fraction of sp³-hybridized carbons (Fsp3) is 0.643. The predicted octanol–water partition coefficient (Wildman–Crippen LogP) is 5.21. The first-order valence-corrected chi connectivity index (χ1v) is 13.5. The maximum atomic E-state index is 12.8. The minimum Gasteiger partial charge on any atom is -0.454 e. The summed E-state index contributed by atoms with van der Waals surface area (Å²) in [5.41, 5.74) is 1.86. The van der Waals surface area contributed by atoms with Crippen molar-refractivity contribution in [3.63, 3.8) is 0 Å². The van der Waals surface area contributed by atoms with Crippen LogP contribution >= 0.6 is 0 Å². The number of ether oxygens (including phenoxy) is 2. The van der Waals surface area contributed by atoms with Crippen molar-refractivity contribution >= 4 is 5.78 Å². The number of fused-ring (bicyclic) bond motifs is 1. The molecule has 0 amide bonds. The number of carbonyl (C=O) groups is 1. The molecular weight excluding hydrogens is 442 g/mol. The Morgan fingerprint density at radius 3 is 2.54 bits per heavy atom. The van der Waals surface area contributed by atoms with Gasteiger partial charge in [-0.25, -0.2) is 4.98 Å².